The number of likely N-dealkylation sites (tertiary alicyclic amines) is 1. The number of carbonyl (C=O) groups is 3. The van der Waals surface area contributed by atoms with Gasteiger partial charge >= 0.3 is 0 Å². The van der Waals surface area contributed by atoms with Crippen LogP contribution in [0.15, 0.2) is 45.8 Å². The topological polar surface area (TPSA) is 119 Å². The minimum Gasteiger partial charge on any atom is -0.490 e. The van der Waals surface area contributed by atoms with Crippen molar-refractivity contribution in [1.29, 1.82) is 0 Å². The predicted molar refractivity (Wildman–Crippen MR) is 146 cm³/mol. The Hall–Kier alpha value is -3.38. The second kappa shape index (κ2) is 12.4. The number of halogens is 1. The van der Waals surface area contributed by atoms with E-state index < -0.39 is 16.1 Å². The van der Waals surface area contributed by atoms with E-state index in [0.29, 0.717) is 41.2 Å². The summed E-state index contributed by atoms with van der Waals surface area (Å²) >= 11 is 4.29. The standard InChI is InChI=1S/C26H26BrN3O7S/c1-2-36-21-13-18(12-20(27)24(21)37-16-17-6-8-19(9-7-17)30(34)35)14-22-25(32)29(26(33)38-22)15-23(31)28-10-4-3-5-11-28/h6-9,12-14H,2-5,10-11,15-16H2,1H3/b22-14+. The fourth-order valence-electron chi connectivity index (χ4n) is 4.11. The molecule has 2 aliphatic rings. The second-order valence-corrected chi connectivity index (χ2v) is 10.5. The van der Waals surface area contributed by atoms with Gasteiger partial charge in [-0.05, 0) is 95.3 Å². The summed E-state index contributed by atoms with van der Waals surface area (Å²) in [4.78, 5) is 51.4. The number of carbonyl (C=O) groups excluding carboxylic acids is 3. The fourth-order valence-corrected chi connectivity index (χ4v) is 5.52. The molecule has 0 spiro atoms. The van der Waals surface area contributed by atoms with Gasteiger partial charge in [0.1, 0.15) is 13.2 Å². The normalized spacial score (nSPS) is 16.7. The smallest absolute Gasteiger partial charge is 0.294 e. The van der Waals surface area contributed by atoms with Gasteiger partial charge in [-0.3, -0.25) is 29.4 Å². The van der Waals surface area contributed by atoms with Crippen LogP contribution in [0.5, 0.6) is 11.5 Å². The van der Waals surface area contributed by atoms with Crippen molar-refractivity contribution in [1.82, 2.24) is 9.80 Å². The Morgan fingerprint density at radius 3 is 2.50 bits per heavy atom. The first-order chi connectivity index (χ1) is 18.3. The van der Waals surface area contributed by atoms with Crippen LogP contribution in [0.25, 0.3) is 6.08 Å². The Morgan fingerprint density at radius 1 is 1.13 bits per heavy atom. The largest absolute Gasteiger partial charge is 0.490 e. The third kappa shape index (κ3) is 6.54. The SMILES string of the molecule is CCOc1cc(/C=C2/SC(=O)N(CC(=O)N3CCCCC3)C2=O)cc(Br)c1OCc1ccc([N+](=O)[O-])cc1. The van der Waals surface area contributed by atoms with Crippen LogP contribution in [0.2, 0.25) is 0 Å². The van der Waals surface area contributed by atoms with Crippen molar-refractivity contribution in [3.8, 4) is 11.5 Å². The maximum Gasteiger partial charge on any atom is 0.294 e. The molecule has 200 valence electrons. The third-order valence-electron chi connectivity index (χ3n) is 6.04. The van der Waals surface area contributed by atoms with Crippen LogP contribution in [0, 0.1) is 10.1 Å². The zero-order valence-electron chi connectivity index (χ0n) is 20.7. The quantitative estimate of drug-likeness (QED) is 0.213. The van der Waals surface area contributed by atoms with Crippen LogP contribution in [0.1, 0.15) is 37.3 Å². The van der Waals surface area contributed by atoms with Crippen LogP contribution in [0.4, 0.5) is 10.5 Å². The van der Waals surface area contributed by atoms with Crippen LogP contribution in [-0.2, 0) is 16.2 Å². The lowest BCUT2D eigenvalue weighted by Crippen LogP contribution is -2.44. The van der Waals surface area contributed by atoms with Crippen molar-refractivity contribution in [2.24, 2.45) is 0 Å². The maximum atomic E-state index is 13.0. The molecule has 2 saturated heterocycles. The summed E-state index contributed by atoms with van der Waals surface area (Å²) in [5.41, 5.74) is 1.34. The molecule has 0 unspecified atom stereocenters. The van der Waals surface area contributed by atoms with Gasteiger partial charge in [-0.1, -0.05) is 0 Å². The third-order valence-corrected chi connectivity index (χ3v) is 7.53. The van der Waals surface area contributed by atoms with Gasteiger partial charge in [0.25, 0.3) is 16.8 Å². The van der Waals surface area contributed by atoms with Crippen molar-refractivity contribution < 1.29 is 28.8 Å². The van der Waals surface area contributed by atoms with Gasteiger partial charge in [0, 0.05) is 25.2 Å². The molecule has 0 bridgehead atoms. The summed E-state index contributed by atoms with van der Waals surface area (Å²) in [6, 6.07) is 9.49. The molecule has 12 heteroatoms. The summed E-state index contributed by atoms with van der Waals surface area (Å²) in [7, 11) is 0. The van der Waals surface area contributed by atoms with Crippen LogP contribution >= 0.6 is 27.7 Å². The molecule has 3 amide bonds. The predicted octanol–water partition coefficient (Wildman–Crippen LogP) is 5.38. The Labute approximate surface area is 232 Å². The summed E-state index contributed by atoms with van der Waals surface area (Å²) in [6.45, 7) is 3.38. The number of hydrogen-bond donors (Lipinski definition) is 0. The molecule has 2 heterocycles. The molecule has 2 aromatic rings. The number of piperidine rings is 1. The molecule has 2 fully saturated rings. The molecule has 0 N–H and O–H groups in total. The second-order valence-electron chi connectivity index (χ2n) is 8.68. The molecule has 0 saturated carbocycles. The van der Waals surface area contributed by atoms with Gasteiger partial charge in [0.15, 0.2) is 11.5 Å². The Kier molecular flexibility index (Phi) is 9.05. The molecule has 0 aromatic heterocycles. The summed E-state index contributed by atoms with van der Waals surface area (Å²) in [5.74, 6) is 0.138. The van der Waals surface area contributed by atoms with Gasteiger partial charge in [0.05, 0.1) is 20.9 Å². The average molecular weight is 604 g/mol. The average Bonchev–Trinajstić information content (AvgIpc) is 3.16. The number of imide groups is 1. The zero-order chi connectivity index (χ0) is 27.2. The van der Waals surface area contributed by atoms with Gasteiger partial charge in [-0.2, -0.15) is 0 Å². The monoisotopic (exact) mass is 603 g/mol. The lowest BCUT2D eigenvalue weighted by molar-refractivity contribution is -0.384. The number of nitro benzene ring substituents is 1. The molecule has 2 aliphatic heterocycles. The number of amides is 3. The number of nitro groups is 1. The molecular formula is C26H26BrN3O7S. The highest BCUT2D eigenvalue weighted by Crippen LogP contribution is 2.40. The first-order valence-corrected chi connectivity index (χ1v) is 13.7. The minimum absolute atomic E-state index is 0.00503. The van der Waals surface area contributed by atoms with Crippen molar-refractivity contribution in [3.05, 3.63) is 67.0 Å². The van der Waals surface area contributed by atoms with Crippen molar-refractivity contribution in [2.75, 3.05) is 26.2 Å². The van der Waals surface area contributed by atoms with Crippen LogP contribution < -0.4 is 9.47 Å². The van der Waals surface area contributed by atoms with E-state index >= 15 is 0 Å². The molecule has 38 heavy (non-hydrogen) atoms. The number of nitrogens with zero attached hydrogens (tertiary/aromatic N) is 3. The highest BCUT2D eigenvalue weighted by atomic mass is 79.9. The number of thioether (sulfide) groups is 1. The van der Waals surface area contributed by atoms with E-state index in [4.69, 9.17) is 9.47 Å². The van der Waals surface area contributed by atoms with Gasteiger partial charge in [-0.25, -0.2) is 0 Å². The highest BCUT2D eigenvalue weighted by Gasteiger charge is 2.37. The van der Waals surface area contributed by atoms with E-state index in [2.05, 4.69) is 15.9 Å². The Morgan fingerprint density at radius 2 is 1.84 bits per heavy atom. The summed E-state index contributed by atoms with van der Waals surface area (Å²) in [6.07, 6.45) is 4.52. The Balaban J connectivity index is 1.49. The highest BCUT2D eigenvalue weighted by molar-refractivity contribution is 9.10. The molecule has 0 radical (unpaired) electrons. The van der Waals surface area contributed by atoms with E-state index in [0.717, 1.165) is 41.5 Å². The van der Waals surface area contributed by atoms with E-state index in [1.807, 2.05) is 6.92 Å². The maximum absolute atomic E-state index is 13.0. The van der Waals surface area contributed by atoms with Crippen molar-refractivity contribution in [3.63, 3.8) is 0 Å². The number of rotatable bonds is 9. The van der Waals surface area contributed by atoms with E-state index in [1.54, 1.807) is 35.2 Å². The lowest BCUT2D eigenvalue weighted by Gasteiger charge is -2.27. The molecule has 2 aromatic carbocycles. The number of hydrogen-bond acceptors (Lipinski definition) is 8. The van der Waals surface area contributed by atoms with Gasteiger partial charge < -0.3 is 14.4 Å². The molecule has 0 aliphatic carbocycles. The number of benzene rings is 2. The molecule has 0 atom stereocenters. The van der Waals surface area contributed by atoms with Crippen molar-refractivity contribution in [2.45, 2.75) is 32.8 Å². The van der Waals surface area contributed by atoms with Gasteiger partial charge in [-0.15, -0.1) is 0 Å². The van der Waals surface area contributed by atoms with Crippen molar-refractivity contribution >= 4 is 56.5 Å². The summed E-state index contributed by atoms with van der Waals surface area (Å²) < 4.78 is 12.3. The number of non-ortho nitro benzene ring substituents is 1. The molecular weight excluding hydrogens is 578 g/mol. The van der Waals surface area contributed by atoms with E-state index in [9.17, 15) is 24.5 Å². The van der Waals surface area contributed by atoms with E-state index in [1.165, 1.54) is 12.1 Å². The van der Waals surface area contributed by atoms with E-state index in [-0.39, 0.29) is 29.7 Å². The first kappa shape index (κ1) is 27.6. The van der Waals surface area contributed by atoms with Crippen LogP contribution in [0.3, 0.4) is 0 Å². The Bertz CT molecular complexity index is 1280. The first-order valence-electron chi connectivity index (χ1n) is 12.1. The fraction of sp³-hybridized carbons (Fsp3) is 0.346. The number of ether oxygens (including phenoxy) is 2. The minimum atomic E-state index is -0.502. The molecule has 10 nitrogen and oxygen atoms in total. The van der Waals surface area contributed by atoms with Gasteiger partial charge in [0.2, 0.25) is 5.91 Å². The summed E-state index contributed by atoms with van der Waals surface area (Å²) in [5, 5.41) is 10.4. The van der Waals surface area contributed by atoms with Crippen LogP contribution in [-0.4, -0.2) is 58.0 Å². The zero-order valence-corrected chi connectivity index (χ0v) is 23.1. The molecule has 4 rings (SSSR count). The lowest BCUT2D eigenvalue weighted by atomic mass is 10.1.